The maximum Gasteiger partial charge on any atom is 0.139 e. The fraction of sp³-hybridized carbons (Fsp3) is 0.333. The average Bonchev–Trinajstić information content (AvgIpc) is 2.07. The highest BCUT2D eigenvalue weighted by molar-refractivity contribution is 9.11. The molecule has 4 heteroatoms. The Hall–Kier alpha value is -0.0600. The van der Waals surface area contributed by atoms with Crippen molar-refractivity contribution in [3.63, 3.8) is 0 Å². The van der Waals surface area contributed by atoms with Crippen LogP contribution >= 0.6 is 31.9 Å². The molecule has 0 saturated heterocycles. The summed E-state index contributed by atoms with van der Waals surface area (Å²) in [6.07, 6.45) is 0.258. The van der Waals surface area contributed by atoms with Gasteiger partial charge in [-0.3, -0.25) is 0 Å². The molecule has 1 aromatic rings. The van der Waals surface area contributed by atoms with Gasteiger partial charge in [-0.05, 0) is 28.1 Å². The van der Waals surface area contributed by atoms with E-state index in [4.69, 9.17) is 4.74 Å². The van der Waals surface area contributed by atoms with Crippen LogP contribution in [-0.4, -0.2) is 11.7 Å². The molecule has 1 aliphatic rings. The lowest BCUT2D eigenvalue weighted by Crippen LogP contribution is -2.14. The SMILES string of the molecule is O[C@@H]1CCOc2c(Br)cc(Br)cc21. The number of benzene rings is 1. The molecule has 0 saturated carbocycles. The maximum absolute atomic E-state index is 9.69. The molecule has 2 nitrogen and oxygen atoms in total. The summed E-state index contributed by atoms with van der Waals surface area (Å²) in [5.74, 6) is 0.766. The van der Waals surface area contributed by atoms with Crippen molar-refractivity contribution in [3.05, 3.63) is 26.6 Å². The molecular weight excluding hydrogens is 300 g/mol. The van der Waals surface area contributed by atoms with Gasteiger partial charge in [0, 0.05) is 16.5 Å². The highest BCUT2D eigenvalue weighted by Gasteiger charge is 2.21. The minimum atomic E-state index is -0.405. The predicted octanol–water partition coefficient (Wildman–Crippen LogP) is 3.03. The first kappa shape index (κ1) is 9.49. The van der Waals surface area contributed by atoms with Crippen molar-refractivity contribution in [2.75, 3.05) is 6.61 Å². The summed E-state index contributed by atoms with van der Waals surface area (Å²) in [6, 6.07) is 3.81. The molecule has 0 aliphatic carbocycles. The molecule has 70 valence electrons. The van der Waals surface area contributed by atoms with Crippen molar-refractivity contribution in [2.45, 2.75) is 12.5 Å². The van der Waals surface area contributed by atoms with E-state index in [2.05, 4.69) is 31.9 Å². The van der Waals surface area contributed by atoms with E-state index in [1.165, 1.54) is 0 Å². The highest BCUT2D eigenvalue weighted by Crippen LogP contribution is 2.39. The van der Waals surface area contributed by atoms with Gasteiger partial charge in [-0.15, -0.1) is 0 Å². The van der Waals surface area contributed by atoms with E-state index in [9.17, 15) is 5.11 Å². The summed E-state index contributed by atoms with van der Waals surface area (Å²) in [6.45, 7) is 0.578. The Bertz CT molecular complexity index is 339. The first-order chi connectivity index (χ1) is 6.18. The molecule has 1 aromatic carbocycles. The number of hydrogen-bond acceptors (Lipinski definition) is 2. The molecule has 0 spiro atoms. The molecule has 1 N–H and O–H groups in total. The smallest absolute Gasteiger partial charge is 0.139 e. The number of fused-ring (bicyclic) bond motifs is 1. The summed E-state index contributed by atoms with van der Waals surface area (Å²) in [7, 11) is 0. The Morgan fingerprint density at radius 3 is 2.92 bits per heavy atom. The number of ether oxygens (including phenoxy) is 1. The molecule has 0 amide bonds. The Morgan fingerprint density at radius 1 is 1.38 bits per heavy atom. The van der Waals surface area contributed by atoms with E-state index in [0.29, 0.717) is 13.0 Å². The molecule has 1 aliphatic heterocycles. The summed E-state index contributed by atoms with van der Waals surface area (Å²) < 4.78 is 7.28. The van der Waals surface area contributed by atoms with E-state index < -0.39 is 6.10 Å². The lowest BCUT2D eigenvalue weighted by Gasteiger charge is -2.23. The van der Waals surface area contributed by atoms with E-state index >= 15 is 0 Å². The van der Waals surface area contributed by atoms with Crippen molar-refractivity contribution in [1.82, 2.24) is 0 Å². The van der Waals surface area contributed by atoms with Gasteiger partial charge in [-0.25, -0.2) is 0 Å². The van der Waals surface area contributed by atoms with Crippen molar-refractivity contribution in [1.29, 1.82) is 0 Å². The lowest BCUT2D eigenvalue weighted by molar-refractivity contribution is 0.114. The van der Waals surface area contributed by atoms with Crippen molar-refractivity contribution in [3.8, 4) is 5.75 Å². The first-order valence-electron chi connectivity index (χ1n) is 3.98. The maximum atomic E-state index is 9.69. The van der Waals surface area contributed by atoms with Crippen molar-refractivity contribution in [2.24, 2.45) is 0 Å². The summed E-state index contributed by atoms with van der Waals surface area (Å²) >= 11 is 6.77. The van der Waals surface area contributed by atoms with Crippen LogP contribution in [-0.2, 0) is 0 Å². The molecule has 0 bridgehead atoms. The molecule has 2 rings (SSSR count). The van der Waals surface area contributed by atoms with Gasteiger partial charge >= 0.3 is 0 Å². The summed E-state index contributed by atoms with van der Waals surface area (Å²) in [5.41, 5.74) is 0.854. The molecule has 0 fully saturated rings. The van der Waals surface area contributed by atoms with Crippen LogP contribution in [0.1, 0.15) is 18.1 Å². The average molecular weight is 308 g/mol. The Labute approximate surface area is 93.2 Å². The second kappa shape index (κ2) is 3.59. The standard InChI is InChI=1S/C9H8Br2O2/c10-5-3-6-8(12)1-2-13-9(6)7(11)4-5/h3-4,8,12H,1-2H2/t8-/m1/s1. The monoisotopic (exact) mass is 306 g/mol. The summed E-state index contributed by atoms with van der Waals surface area (Å²) in [5, 5.41) is 9.69. The minimum absolute atomic E-state index is 0.405. The number of halogens is 2. The first-order valence-corrected chi connectivity index (χ1v) is 5.57. The van der Waals surface area contributed by atoms with Gasteiger partial charge in [0.2, 0.25) is 0 Å². The van der Waals surface area contributed by atoms with Gasteiger partial charge in [-0.1, -0.05) is 15.9 Å². The van der Waals surface area contributed by atoms with Gasteiger partial charge in [0.05, 0.1) is 17.2 Å². The number of aliphatic hydroxyl groups excluding tert-OH is 1. The van der Waals surface area contributed by atoms with Gasteiger partial charge in [-0.2, -0.15) is 0 Å². The lowest BCUT2D eigenvalue weighted by atomic mass is 10.0. The van der Waals surface area contributed by atoms with Crippen LogP contribution in [0.25, 0.3) is 0 Å². The number of hydrogen-bond donors (Lipinski definition) is 1. The minimum Gasteiger partial charge on any atom is -0.492 e. The Balaban J connectivity index is 2.56. The normalized spacial score (nSPS) is 20.7. The highest BCUT2D eigenvalue weighted by atomic mass is 79.9. The van der Waals surface area contributed by atoms with E-state index in [1.54, 1.807) is 0 Å². The zero-order valence-corrected chi connectivity index (χ0v) is 9.93. The van der Waals surface area contributed by atoms with Crippen molar-refractivity contribution >= 4 is 31.9 Å². The molecule has 1 atom stereocenters. The number of rotatable bonds is 0. The topological polar surface area (TPSA) is 29.5 Å². The van der Waals surface area contributed by atoms with Gasteiger partial charge < -0.3 is 9.84 Å². The third-order valence-electron chi connectivity index (χ3n) is 2.03. The molecule has 0 radical (unpaired) electrons. The zero-order valence-electron chi connectivity index (χ0n) is 6.76. The van der Waals surface area contributed by atoms with E-state index in [-0.39, 0.29) is 0 Å². The second-order valence-electron chi connectivity index (χ2n) is 2.96. The van der Waals surface area contributed by atoms with Crippen molar-refractivity contribution < 1.29 is 9.84 Å². The summed E-state index contributed by atoms with van der Waals surface area (Å²) in [4.78, 5) is 0. The fourth-order valence-electron chi connectivity index (χ4n) is 1.41. The largest absolute Gasteiger partial charge is 0.492 e. The third kappa shape index (κ3) is 1.75. The van der Waals surface area contributed by atoms with Crippen LogP contribution in [0, 0.1) is 0 Å². The van der Waals surface area contributed by atoms with Gasteiger partial charge in [0.25, 0.3) is 0 Å². The zero-order chi connectivity index (χ0) is 9.42. The van der Waals surface area contributed by atoms with Crippen LogP contribution < -0.4 is 4.74 Å². The molecular formula is C9H8Br2O2. The Morgan fingerprint density at radius 2 is 2.15 bits per heavy atom. The van der Waals surface area contributed by atoms with E-state index in [1.807, 2.05) is 12.1 Å². The predicted molar refractivity (Wildman–Crippen MR) is 56.9 cm³/mol. The van der Waals surface area contributed by atoms with Crippen LogP contribution in [0.5, 0.6) is 5.75 Å². The second-order valence-corrected chi connectivity index (χ2v) is 4.73. The third-order valence-corrected chi connectivity index (χ3v) is 3.08. The molecule has 1 heterocycles. The van der Waals surface area contributed by atoms with Crippen LogP contribution in [0.15, 0.2) is 21.1 Å². The molecule has 0 unspecified atom stereocenters. The quantitative estimate of drug-likeness (QED) is 0.798. The molecule has 13 heavy (non-hydrogen) atoms. The Kier molecular flexibility index (Phi) is 2.62. The van der Waals surface area contributed by atoms with Crippen LogP contribution in [0.3, 0.4) is 0 Å². The number of aliphatic hydroxyl groups is 1. The van der Waals surface area contributed by atoms with Crippen LogP contribution in [0.4, 0.5) is 0 Å². The van der Waals surface area contributed by atoms with E-state index in [0.717, 1.165) is 20.3 Å². The fourth-order valence-corrected chi connectivity index (χ4v) is 2.78. The van der Waals surface area contributed by atoms with Gasteiger partial charge in [0.1, 0.15) is 5.75 Å². The molecule has 0 aromatic heterocycles. The van der Waals surface area contributed by atoms with Gasteiger partial charge in [0.15, 0.2) is 0 Å². The van der Waals surface area contributed by atoms with Crippen LogP contribution in [0.2, 0.25) is 0 Å².